The van der Waals surface area contributed by atoms with Crippen molar-refractivity contribution in [3.63, 3.8) is 0 Å². The zero-order valence-corrected chi connectivity index (χ0v) is 8.20. The Kier molecular flexibility index (Phi) is 5.14. The molecular weight excluding hydrogens is 210 g/mol. The molecule has 0 bridgehead atoms. The third-order valence-electron chi connectivity index (χ3n) is 1.64. The smallest absolute Gasteiger partial charge is 0.404 e. The predicted molar refractivity (Wildman–Crippen MR) is 53.2 cm³/mol. The molecule has 0 saturated heterocycles. The summed E-state index contributed by atoms with van der Waals surface area (Å²) in [6.07, 6.45) is 0.546. The van der Waals surface area contributed by atoms with E-state index < -0.39 is 4.92 Å². The van der Waals surface area contributed by atoms with E-state index in [-0.39, 0.29) is 24.3 Å². The van der Waals surface area contributed by atoms with Crippen molar-refractivity contribution in [1.82, 2.24) is 0 Å². The Hall–Kier alpha value is -1.11. The van der Waals surface area contributed by atoms with Crippen molar-refractivity contribution in [1.29, 1.82) is 0 Å². The lowest BCUT2D eigenvalue weighted by Crippen LogP contribution is -2.14. The zero-order chi connectivity index (χ0) is 9.84. The van der Waals surface area contributed by atoms with Crippen molar-refractivity contribution in [2.45, 2.75) is 12.5 Å². The monoisotopic (exact) mass is 221 g/mol. The first-order valence-corrected chi connectivity index (χ1v) is 3.85. The summed E-state index contributed by atoms with van der Waals surface area (Å²) in [5.41, 5.74) is 10.9. The number of hydrogen-bond donors (Lipinski definition) is 2. The molecule has 1 aromatic rings. The molecule has 0 amide bonds. The van der Waals surface area contributed by atoms with Gasteiger partial charge in [0.05, 0.1) is 12.1 Å². The van der Waals surface area contributed by atoms with E-state index in [0.717, 1.165) is 0 Å². The van der Waals surface area contributed by atoms with Crippen LogP contribution in [0.4, 0.5) is 5.88 Å². The summed E-state index contributed by atoms with van der Waals surface area (Å²) >= 11 is 0. The van der Waals surface area contributed by atoms with E-state index in [1.165, 1.54) is 12.1 Å². The Balaban J connectivity index is 0.00000169. The van der Waals surface area contributed by atoms with Crippen LogP contribution in [-0.2, 0) is 0 Å². The maximum Gasteiger partial charge on any atom is 0.433 e. The average molecular weight is 222 g/mol. The number of halogens is 1. The summed E-state index contributed by atoms with van der Waals surface area (Å²) in [7, 11) is 0. The van der Waals surface area contributed by atoms with Crippen LogP contribution in [0.3, 0.4) is 0 Å². The van der Waals surface area contributed by atoms with E-state index in [9.17, 15) is 10.1 Å². The molecule has 0 aliphatic heterocycles. The molecule has 0 aliphatic carbocycles. The van der Waals surface area contributed by atoms with E-state index in [1.54, 1.807) is 0 Å². The third-order valence-corrected chi connectivity index (χ3v) is 1.64. The molecule has 0 unspecified atom stereocenters. The number of rotatable bonds is 4. The SMILES string of the molecule is Cl.NCC[C@H](N)c1ccc([N+](=O)[O-])o1. The molecule has 1 aromatic heterocycles. The molecule has 6 nitrogen and oxygen atoms in total. The molecule has 0 radical (unpaired) electrons. The highest BCUT2D eigenvalue weighted by molar-refractivity contribution is 5.85. The second kappa shape index (κ2) is 5.58. The Morgan fingerprint density at radius 2 is 2.21 bits per heavy atom. The van der Waals surface area contributed by atoms with Crippen LogP contribution in [0.1, 0.15) is 18.2 Å². The molecule has 1 rings (SSSR count). The summed E-state index contributed by atoms with van der Waals surface area (Å²) in [6.45, 7) is 0.426. The van der Waals surface area contributed by atoms with Crippen LogP contribution in [0.5, 0.6) is 0 Å². The highest BCUT2D eigenvalue weighted by Gasteiger charge is 2.15. The fourth-order valence-corrected chi connectivity index (χ4v) is 0.961. The minimum absolute atomic E-state index is 0. The molecule has 80 valence electrons. The van der Waals surface area contributed by atoms with Gasteiger partial charge in [-0.25, -0.2) is 0 Å². The van der Waals surface area contributed by atoms with E-state index >= 15 is 0 Å². The molecular formula is C7H12ClN3O3. The van der Waals surface area contributed by atoms with Gasteiger partial charge in [-0.1, -0.05) is 0 Å². The summed E-state index contributed by atoms with van der Waals surface area (Å²) in [6, 6.07) is 2.42. The van der Waals surface area contributed by atoms with Crippen LogP contribution in [0.2, 0.25) is 0 Å². The standard InChI is InChI=1S/C7H11N3O3.ClH/c8-4-3-5(9)6-1-2-7(13-6)10(11)12;/h1-2,5H,3-4,8-9H2;1H/t5-;/m0./s1. The number of furan rings is 1. The average Bonchev–Trinajstić information content (AvgIpc) is 2.52. The maximum atomic E-state index is 10.2. The quantitative estimate of drug-likeness (QED) is 0.581. The third kappa shape index (κ3) is 2.99. The van der Waals surface area contributed by atoms with Crippen LogP contribution in [-0.4, -0.2) is 11.5 Å². The summed E-state index contributed by atoms with van der Waals surface area (Å²) in [5, 5.41) is 10.2. The Morgan fingerprint density at radius 3 is 2.64 bits per heavy atom. The van der Waals surface area contributed by atoms with Crippen molar-refractivity contribution < 1.29 is 9.34 Å². The van der Waals surface area contributed by atoms with Crippen molar-refractivity contribution in [2.24, 2.45) is 11.5 Å². The van der Waals surface area contributed by atoms with Gasteiger partial charge in [0, 0.05) is 0 Å². The lowest BCUT2D eigenvalue weighted by molar-refractivity contribution is -0.402. The van der Waals surface area contributed by atoms with Gasteiger partial charge in [-0.15, -0.1) is 12.4 Å². The second-order valence-electron chi connectivity index (χ2n) is 2.62. The van der Waals surface area contributed by atoms with Crippen molar-refractivity contribution in [3.05, 3.63) is 28.0 Å². The normalized spacial score (nSPS) is 11.9. The predicted octanol–water partition coefficient (Wildman–Crippen LogP) is 0.958. The van der Waals surface area contributed by atoms with Crippen LogP contribution >= 0.6 is 12.4 Å². The van der Waals surface area contributed by atoms with Gasteiger partial charge in [0.2, 0.25) is 0 Å². The Morgan fingerprint density at radius 1 is 1.57 bits per heavy atom. The molecule has 0 spiro atoms. The fourth-order valence-electron chi connectivity index (χ4n) is 0.961. The molecule has 7 heteroatoms. The number of nitrogens with two attached hydrogens (primary N) is 2. The Labute approximate surface area is 86.8 Å². The van der Waals surface area contributed by atoms with Gasteiger partial charge in [0.25, 0.3) is 0 Å². The molecule has 1 atom stereocenters. The van der Waals surface area contributed by atoms with Gasteiger partial charge in [0.1, 0.15) is 10.7 Å². The highest BCUT2D eigenvalue weighted by atomic mass is 35.5. The largest absolute Gasteiger partial charge is 0.433 e. The summed E-state index contributed by atoms with van der Waals surface area (Å²) in [5.74, 6) is 0.111. The van der Waals surface area contributed by atoms with Crippen LogP contribution in [0, 0.1) is 10.1 Å². The lowest BCUT2D eigenvalue weighted by atomic mass is 10.2. The van der Waals surface area contributed by atoms with Gasteiger partial charge < -0.3 is 15.9 Å². The molecule has 0 aliphatic rings. The van der Waals surface area contributed by atoms with E-state index in [4.69, 9.17) is 15.9 Å². The van der Waals surface area contributed by atoms with Gasteiger partial charge in [-0.2, -0.15) is 0 Å². The first-order chi connectivity index (χ1) is 6.15. The maximum absolute atomic E-state index is 10.2. The first-order valence-electron chi connectivity index (χ1n) is 3.85. The van der Waals surface area contributed by atoms with Gasteiger partial charge in [-0.05, 0) is 19.0 Å². The van der Waals surface area contributed by atoms with Gasteiger partial charge >= 0.3 is 5.88 Å². The molecule has 0 aromatic carbocycles. The fraction of sp³-hybridized carbons (Fsp3) is 0.429. The summed E-state index contributed by atoms with van der Waals surface area (Å²) < 4.78 is 4.88. The number of hydrogen-bond acceptors (Lipinski definition) is 5. The molecule has 4 N–H and O–H groups in total. The number of nitrogens with zero attached hydrogens (tertiary/aromatic N) is 1. The first kappa shape index (κ1) is 12.9. The topological polar surface area (TPSA) is 108 Å². The van der Waals surface area contributed by atoms with Crippen LogP contribution in [0.25, 0.3) is 0 Å². The minimum Gasteiger partial charge on any atom is -0.404 e. The molecule has 14 heavy (non-hydrogen) atoms. The lowest BCUT2D eigenvalue weighted by Gasteiger charge is -2.04. The van der Waals surface area contributed by atoms with Crippen molar-refractivity contribution in [2.75, 3.05) is 6.54 Å². The molecule has 0 fully saturated rings. The minimum atomic E-state index is -0.599. The molecule has 0 saturated carbocycles. The van der Waals surface area contributed by atoms with Gasteiger partial charge in [0.15, 0.2) is 0 Å². The van der Waals surface area contributed by atoms with Crippen LogP contribution < -0.4 is 11.5 Å². The highest BCUT2D eigenvalue weighted by Crippen LogP contribution is 2.21. The van der Waals surface area contributed by atoms with E-state index in [2.05, 4.69) is 0 Å². The molecule has 1 heterocycles. The van der Waals surface area contributed by atoms with Crippen molar-refractivity contribution >= 4 is 18.3 Å². The van der Waals surface area contributed by atoms with Crippen LogP contribution in [0.15, 0.2) is 16.5 Å². The van der Waals surface area contributed by atoms with E-state index in [1.807, 2.05) is 0 Å². The van der Waals surface area contributed by atoms with E-state index in [0.29, 0.717) is 18.7 Å². The Bertz CT molecular complexity index is 302. The number of nitro groups is 1. The second-order valence-corrected chi connectivity index (χ2v) is 2.62. The van der Waals surface area contributed by atoms with Gasteiger partial charge in [-0.3, -0.25) is 10.1 Å². The summed E-state index contributed by atoms with van der Waals surface area (Å²) in [4.78, 5) is 9.64. The zero-order valence-electron chi connectivity index (χ0n) is 7.38. The van der Waals surface area contributed by atoms with Crippen molar-refractivity contribution in [3.8, 4) is 0 Å².